The fourth-order valence-electron chi connectivity index (χ4n) is 2.30. The molecule has 5 heteroatoms. The molecule has 0 spiro atoms. The van der Waals surface area contributed by atoms with Crippen LogP contribution in [0.4, 0.5) is 4.39 Å². The fourth-order valence-corrected chi connectivity index (χ4v) is 2.30. The van der Waals surface area contributed by atoms with E-state index in [9.17, 15) is 4.39 Å². The highest BCUT2D eigenvalue weighted by Gasteiger charge is 2.21. The van der Waals surface area contributed by atoms with E-state index in [4.69, 9.17) is 10.2 Å². The normalized spacial score (nSPS) is 13.1. The molecule has 0 aliphatic heterocycles. The van der Waals surface area contributed by atoms with E-state index >= 15 is 0 Å². The first kappa shape index (κ1) is 11.9. The summed E-state index contributed by atoms with van der Waals surface area (Å²) in [4.78, 5) is 4.22. The molecule has 1 unspecified atom stereocenters. The molecule has 98 valence electrons. The number of imidazole rings is 1. The summed E-state index contributed by atoms with van der Waals surface area (Å²) in [5.74, 6) is 1.05. The Kier molecular flexibility index (Phi) is 2.64. The van der Waals surface area contributed by atoms with E-state index < -0.39 is 6.04 Å². The summed E-state index contributed by atoms with van der Waals surface area (Å²) in [6.07, 6.45) is 3.51. The van der Waals surface area contributed by atoms with E-state index in [-0.39, 0.29) is 5.82 Å². The minimum absolute atomic E-state index is 0.284. The van der Waals surface area contributed by atoms with Gasteiger partial charge in [0.2, 0.25) is 0 Å². The van der Waals surface area contributed by atoms with E-state index in [0.717, 1.165) is 10.9 Å². The standard InChI is InChI=1S/C14H14FN3O/c1-8-10-7-9(15)3-4-11(10)19-13(8)12(16)14-17-5-6-18(14)2/h3-7,12H,16H2,1-2H3. The van der Waals surface area contributed by atoms with Gasteiger partial charge in [0, 0.05) is 30.4 Å². The Labute approximate surface area is 109 Å². The SMILES string of the molecule is Cc1c(C(N)c2nccn2C)oc2ccc(F)cc12. The lowest BCUT2D eigenvalue weighted by atomic mass is 10.1. The second-order valence-electron chi connectivity index (χ2n) is 4.61. The number of aromatic nitrogens is 2. The van der Waals surface area contributed by atoms with Crippen molar-refractivity contribution in [2.24, 2.45) is 12.8 Å². The van der Waals surface area contributed by atoms with E-state index in [2.05, 4.69) is 4.98 Å². The molecular formula is C14H14FN3O. The number of hydrogen-bond donors (Lipinski definition) is 1. The first-order valence-corrected chi connectivity index (χ1v) is 5.99. The third-order valence-electron chi connectivity index (χ3n) is 3.35. The number of furan rings is 1. The van der Waals surface area contributed by atoms with Gasteiger partial charge in [0.05, 0.1) is 0 Å². The van der Waals surface area contributed by atoms with Crippen LogP contribution in [-0.4, -0.2) is 9.55 Å². The summed E-state index contributed by atoms with van der Waals surface area (Å²) in [7, 11) is 1.87. The number of hydrogen-bond acceptors (Lipinski definition) is 3. The van der Waals surface area contributed by atoms with Crippen LogP contribution >= 0.6 is 0 Å². The summed E-state index contributed by atoms with van der Waals surface area (Å²) in [6, 6.07) is 3.99. The van der Waals surface area contributed by atoms with Gasteiger partial charge in [0.25, 0.3) is 0 Å². The lowest BCUT2D eigenvalue weighted by molar-refractivity contribution is 0.505. The van der Waals surface area contributed by atoms with Gasteiger partial charge in [-0.1, -0.05) is 0 Å². The highest BCUT2D eigenvalue weighted by atomic mass is 19.1. The molecule has 2 N–H and O–H groups in total. The number of halogens is 1. The molecule has 0 radical (unpaired) electrons. The average Bonchev–Trinajstić information content (AvgIpc) is 2.94. The third-order valence-corrected chi connectivity index (χ3v) is 3.35. The molecule has 4 nitrogen and oxygen atoms in total. The Morgan fingerprint density at radius 1 is 1.42 bits per heavy atom. The zero-order valence-electron chi connectivity index (χ0n) is 10.7. The summed E-state index contributed by atoms with van der Waals surface area (Å²) >= 11 is 0. The highest BCUT2D eigenvalue weighted by Crippen LogP contribution is 2.31. The van der Waals surface area contributed by atoms with Crippen molar-refractivity contribution in [1.29, 1.82) is 0 Å². The van der Waals surface area contributed by atoms with Crippen LogP contribution in [0.15, 0.2) is 35.0 Å². The van der Waals surface area contributed by atoms with Crippen LogP contribution in [0.1, 0.15) is 23.2 Å². The zero-order valence-corrected chi connectivity index (χ0v) is 10.7. The predicted octanol–water partition coefficient (Wildman–Crippen LogP) is 2.66. The Balaban J connectivity index is 2.15. The number of rotatable bonds is 2. The molecule has 0 aliphatic rings. The number of nitrogens with two attached hydrogens (primary N) is 1. The van der Waals surface area contributed by atoms with Gasteiger partial charge in [0.1, 0.15) is 29.0 Å². The second kappa shape index (κ2) is 4.20. The maximum Gasteiger partial charge on any atom is 0.134 e. The van der Waals surface area contributed by atoms with Crippen LogP contribution in [0.25, 0.3) is 11.0 Å². The highest BCUT2D eigenvalue weighted by molar-refractivity contribution is 5.82. The molecule has 19 heavy (non-hydrogen) atoms. The van der Waals surface area contributed by atoms with Gasteiger partial charge >= 0.3 is 0 Å². The van der Waals surface area contributed by atoms with Crippen molar-refractivity contribution < 1.29 is 8.81 Å². The zero-order chi connectivity index (χ0) is 13.6. The van der Waals surface area contributed by atoms with E-state index in [1.807, 2.05) is 24.7 Å². The lowest BCUT2D eigenvalue weighted by Gasteiger charge is -2.09. The van der Waals surface area contributed by atoms with Crippen LogP contribution in [0.3, 0.4) is 0 Å². The van der Waals surface area contributed by atoms with Crippen LogP contribution in [-0.2, 0) is 7.05 Å². The first-order chi connectivity index (χ1) is 9.08. The quantitative estimate of drug-likeness (QED) is 0.769. The summed E-state index contributed by atoms with van der Waals surface area (Å²) in [5, 5.41) is 0.750. The molecule has 1 aromatic carbocycles. The van der Waals surface area contributed by atoms with Crippen molar-refractivity contribution in [2.75, 3.05) is 0 Å². The van der Waals surface area contributed by atoms with Crippen LogP contribution < -0.4 is 5.73 Å². The molecule has 3 rings (SSSR count). The first-order valence-electron chi connectivity index (χ1n) is 5.99. The molecule has 3 aromatic rings. The molecule has 2 aromatic heterocycles. The molecule has 0 saturated carbocycles. The van der Waals surface area contributed by atoms with Gasteiger partial charge in [-0.2, -0.15) is 0 Å². The third kappa shape index (κ3) is 1.82. The molecule has 0 aliphatic carbocycles. The van der Waals surface area contributed by atoms with Crippen molar-refractivity contribution in [1.82, 2.24) is 9.55 Å². The molecule has 0 saturated heterocycles. The summed E-state index contributed by atoms with van der Waals surface area (Å²) in [5.41, 5.74) is 7.68. The average molecular weight is 259 g/mol. The molecule has 1 atom stereocenters. The maximum atomic E-state index is 13.3. The Morgan fingerprint density at radius 3 is 2.89 bits per heavy atom. The van der Waals surface area contributed by atoms with Crippen molar-refractivity contribution >= 4 is 11.0 Å². The van der Waals surface area contributed by atoms with E-state index in [1.54, 1.807) is 12.3 Å². The maximum absolute atomic E-state index is 13.3. The minimum atomic E-state index is -0.463. The van der Waals surface area contributed by atoms with Gasteiger partial charge < -0.3 is 14.7 Å². The van der Waals surface area contributed by atoms with Crippen molar-refractivity contribution in [3.8, 4) is 0 Å². The molecule has 0 amide bonds. The predicted molar refractivity (Wildman–Crippen MR) is 70.1 cm³/mol. The summed E-state index contributed by atoms with van der Waals surface area (Å²) < 4.78 is 20.9. The Bertz CT molecular complexity index is 744. The monoisotopic (exact) mass is 259 g/mol. The van der Waals surface area contributed by atoms with E-state index in [0.29, 0.717) is 17.2 Å². The molecule has 2 heterocycles. The van der Waals surface area contributed by atoms with Gasteiger partial charge in [-0.3, -0.25) is 0 Å². The Hall–Kier alpha value is -2.14. The van der Waals surface area contributed by atoms with Crippen LogP contribution in [0, 0.1) is 12.7 Å². The molecule has 0 fully saturated rings. The second-order valence-corrected chi connectivity index (χ2v) is 4.61. The number of aryl methyl sites for hydroxylation is 2. The van der Waals surface area contributed by atoms with Gasteiger partial charge in [-0.05, 0) is 25.1 Å². The van der Waals surface area contributed by atoms with E-state index in [1.165, 1.54) is 12.1 Å². The lowest BCUT2D eigenvalue weighted by Crippen LogP contribution is -2.16. The molecular weight excluding hydrogens is 245 g/mol. The fraction of sp³-hybridized carbons (Fsp3) is 0.214. The smallest absolute Gasteiger partial charge is 0.134 e. The van der Waals surface area contributed by atoms with Crippen molar-refractivity contribution in [2.45, 2.75) is 13.0 Å². The van der Waals surface area contributed by atoms with Gasteiger partial charge in [0.15, 0.2) is 0 Å². The van der Waals surface area contributed by atoms with Crippen molar-refractivity contribution in [3.63, 3.8) is 0 Å². The number of fused-ring (bicyclic) bond motifs is 1. The van der Waals surface area contributed by atoms with Crippen molar-refractivity contribution in [3.05, 3.63) is 53.6 Å². The number of benzene rings is 1. The topological polar surface area (TPSA) is 57.0 Å². The summed E-state index contributed by atoms with van der Waals surface area (Å²) in [6.45, 7) is 1.88. The number of nitrogens with zero attached hydrogens (tertiary/aromatic N) is 2. The largest absolute Gasteiger partial charge is 0.459 e. The van der Waals surface area contributed by atoms with Crippen LogP contribution in [0.2, 0.25) is 0 Å². The van der Waals surface area contributed by atoms with Gasteiger partial charge in [-0.15, -0.1) is 0 Å². The molecule has 0 bridgehead atoms. The minimum Gasteiger partial charge on any atom is -0.459 e. The van der Waals surface area contributed by atoms with Gasteiger partial charge in [-0.25, -0.2) is 9.37 Å². The van der Waals surface area contributed by atoms with Crippen LogP contribution in [0.5, 0.6) is 0 Å². The Morgan fingerprint density at radius 2 is 2.21 bits per heavy atom.